The van der Waals surface area contributed by atoms with Gasteiger partial charge in [0.2, 0.25) is 0 Å². The van der Waals surface area contributed by atoms with E-state index in [4.69, 9.17) is 0 Å². The number of carbonyl (C=O) groups is 1. The van der Waals surface area contributed by atoms with Crippen LogP contribution in [0.15, 0.2) is 17.6 Å². The first-order valence-corrected chi connectivity index (χ1v) is 8.93. The van der Waals surface area contributed by atoms with Gasteiger partial charge >= 0.3 is 0 Å². The second-order valence-corrected chi connectivity index (χ2v) is 7.18. The van der Waals surface area contributed by atoms with Crippen LogP contribution in [0.1, 0.15) is 41.5 Å². The molecule has 2 unspecified atom stereocenters. The lowest BCUT2D eigenvalue weighted by molar-refractivity contribution is 0.0358. The van der Waals surface area contributed by atoms with Crippen molar-refractivity contribution in [3.63, 3.8) is 0 Å². The number of carbonyl (C=O) groups excluding carboxylic acids is 1. The lowest BCUT2D eigenvalue weighted by Crippen LogP contribution is -2.49. The van der Waals surface area contributed by atoms with E-state index in [1.54, 1.807) is 17.5 Å². The fourth-order valence-electron chi connectivity index (χ4n) is 3.53. The molecule has 0 aromatic carbocycles. The normalized spacial score (nSPS) is 21.7. The van der Waals surface area contributed by atoms with Gasteiger partial charge in [-0.15, -0.1) is 11.3 Å². The second kappa shape index (κ2) is 6.45. The molecule has 124 valence electrons. The largest absolute Gasteiger partial charge is 0.394 e. The number of piperidine rings is 1. The molecule has 3 heterocycles. The SMILES string of the molecule is Cc1cc(C(=O)N2CCCC(C)C2CO)c(C)n1-c1nccs1. The summed E-state index contributed by atoms with van der Waals surface area (Å²) in [6.07, 6.45) is 3.83. The molecule has 2 atom stereocenters. The van der Waals surface area contributed by atoms with Gasteiger partial charge in [-0.05, 0) is 38.7 Å². The quantitative estimate of drug-likeness (QED) is 0.939. The molecule has 1 N–H and O–H groups in total. The topological polar surface area (TPSA) is 58.4 Å². The van der Waals surface area contributed by atoms with Gasteiger partial charge in [-0.3, -0.25) is 9.36 Å². The molecule has 1 saturated heterocycles. The molecule has 1 fully saturated rings. The summed E-state index contributed by atoms with van der Waals surface area (Å²) in [5.41, 5.74) is 2.63. The number of aliphatic hydroxyl groups is 1. The number of hydrogen-bond donors (Lipinski definition) is 1. The summed E-state index contributed by atoms with van der Waals surface area (Å²) in [6, 6.07) is 1.85. The summed E-state index contributed by atoms with van der Waals surface area (Å²) < 4.78 is 2.03. The third-order valence-corrected chi connectivity index (χ3v) is 5.59. The van der Waals surface area contributed by atoms with Crippen LogP contribution >= 0.6 is 11.3 Å². The van der Waals surface area contributed by atoms with Crippen molar-refractivity contribution >= 4 is 17.2 Å². The number of rotatable bonds is 3. The highest BCUT2D eigenvalue weighted by Crippen LogP contribution is 2.28. The summed E-state index contributed by atoms with van der Waals surface area (Å²) in [5.74, 6) is 0.353. The van der Waals surface area contributed by atoms with Crippen molar-refractivity contribution in [1.82, 2.24) is 14.5 Å². The van der Waals surface area contributed by atoms with E-state index in [-0.39, 0.29) is 18.6 Å². The summed E-state index contributed by atoms with van der Waals surface area (Å²) in [4.78, 5) is 19.3. The molecule has 1 aliphatic heterocycles. The van der Waals surface area contributed by atoms with E-state index in [0.717, 1.165) is 35.9 Å². The summed E-state index contributed by atoms with van der Waals surface area (Å²) in [6.45, 7) is 6.81. The molecule has 6 heteroatoms. The molecule has 0 saturated carbocycles. The Morgan fingerprint density at radius 1 is 1.48 bits per heavy atom. The van der Waals surface area contributed by atoms with Gasteiger partial charge in [-0.25, -0.2) is 4.98 Å². The van der Waals surface area contributed by atoms with E-state index in [9.17, 15) is 9.90 Å². The Bertz CT molecular complexity index is 693. The zero-order valence-corrected chi connectivity index (χ0v) is 14.6. The fraction of sp³-hybridized carbons (Fsp3) is 0.529. The van der Waals surface area contributed by atoms with Gasteiger partial charge in [0.25, 0.3) is 5.91 Å². The molecule has 0 aliphatic carbocycles. The average Bonchev–Trinajstić information content (AvgIpc) is 3.14. The van der Waals surface area contributed by atoms with Crippen molar-refractivity contribution in [2.24, 2.45) is 5.92 Å². The maximum atomic E-state index is 13.1. The smallest absolute Gasteiger partial charge is 0.256 e. The highest BCUT2D eigenvalue weighted by molar-refractivity contribution is 7.12. The minimum absolute atomic E-state index is 0.0199. The average molecular weight is 333 g/mol. The molecule has 23 heavy (non-hydrogen) atoms. The van der Waals surface area contributed by atoms with Gasteiger partial charge in [-0.2, -0.15) is 0 Å². The molecule has 0 spiro atoms. The van der Waals surface area contributed by atoms with E-state index in [0.29, 0.717) is 11.5 Å². The van der Waals surface area contributed by atoms with Gasteiger partial charge in [0.15, 0.2) is 5.13 Å². The van der Waals surface area contributed by atoms with Crippen molar-refractivity contribution in [3.05, 3.63) is 34.6 Å². The molecule has 0 radical (unpaired) electrons. The summed E-state index contributed by atoms with van der Waals surface area (Å²) in [7, 11) is 0. The maximum Gasteiger partial charge on any atom is 0.256 e. The van der Waals surface area contributed by atoms with E-state index in [2.05, 4.69) is 11.9 Å². The first-order valence-electron chi connectivity index (χ1n) is 8.05. The van der Waals surface area contributed by atoms with Crippen LogP contribution in [-0.4, -0.2) is 44.7 Å². The molecule has 5 nitrogen and oxygen atoms in total. The van der Waals surface area contributed by atoms with E-state index in [1.165, 1.54) is 0 Å². The Kier molecular flexibility index (Phi) is 4.55. The third kappa shape index (κ3) is 2.81. The van der Waals surface area contributed by atoms with Gasteiger partial charge in [0.1, 0.15) is 0 Å². The Balaban J connectivity index is 1.96. The number of likely N-dealkylation sites (tertiary alicyclic amines) is 1. The van der Waals surface area contributed by atoms with Gasteiger partial charge < -0.3 is 10.0 Å². The van der Waals surface area contributed by atoms with Gasteiger partial charge in [0.05, 0.1) is 18.2 Å². The standard InChI is InChI=1S/C17H23N3O2S/c1-11-5-4-7-19(15(11)10-21)16(22)14-9-12(2)20(13(14)3)17-18-6-8-23-17/h6,8-9,11,15,21H,4-5,7,10H2,1-3H3. The Hall–Kier alpha value is -1.66. The Morgan fingerprint density at radius 2 is 2.26 bits per heavy atom. The number of aryl methyl sites for hydroxylation is 1. The summed E-state index contributed by atoms with van der Waals surface area (Å²) in [5, 5.41) is 12.5. The first-order chi connectivity index (χ1) is 11.0. The van der Waals surface area contributed by atoms with E-state index < -0.39 is 0 Å². The van der Waals surface area contributed by atoms with Crippen molar-refractivity contribution in [2.75, 3.05) is 13.2 Å². The van der Waals surface area contributed by atoms with Crippen LogP contribution in [0.25, 0.3) is 5.13 Å². The number of thiazole rings is 1. The van der Waals surface area contributed by atoms with Crippen molar-refractivity contribution in [3.8, 4) is 5.13 Å². The number of nitrogens with zero attached hydrogens (tertiary/aromatic N) is 3. The predicted molar refractivity (Wildman–Crippen MR) is 91.2 cm³/mol. The lowest BCUT2D eigenvalue weighted by Gasteiger charge is -2.39. The molecular formula is C17H23N3O2S. The number of hydrogen-bond acceptors (Lipinski definition) is 4. The van der Waals surface area contributed by atoms with Crippen molar-refractivity contribution in [2.45, 2.75) is 39.7 Å². The Labute approximate surface area is 140 Å². The second-order valence-electron chi connectivity index (χ2n) is 6.30. The third-order valence-electron chi connectivity index (χ3n) is 4.84. The zero-order chi connectivity index (χ0) is 16.6. The minimum Gasteiger partial charge on any atom is -0.394 e. The molecule has 0 bridgehead atoms. The van der Waals surface area contributed by atoms with Crippen molar-refractivity contribution in [1.29, 1.82) is 0 Å². The fourth-order valence-corrected chi connectivity index (χ4v) is 4.29. The first kappa shape index (κ1) is 16.2. The van der Waals surface area contributed by atoms with Crippen molar-refractivity contribution < 1.29 is 9.90 Å². The molecular weight excluding hydrogens is 310 g/mol. The molecule has 1 aliphatic rings. The van der Waals surface area contributed by atoms with Gasteiger partial charge in [0, 0.05) is 29.5 Å². The number of amides is 1. The maximum absolute atomic E-state index is 13.1. The highest BCUT2D eigenvalue weighted by Gasteiger charge is 2.33. The molecule has 3 rings (SSSR count). The van der Waals surface area contributed by atoms with Crippen LogP contribution in [0.3, 0.4) is 0 Å². The van der Waals surface area contributed by atoms with Crippen LogP contribution in [-0.2, 0) is 0 Å². The van der Waals surface area contributed by atoms with E-state index in [1.807, 2.05) is 34.8 Å². The highest BCUT2D eigenvalue weighted by atomic mass is 32.1. The molecule has 2 aromatic heterocycles. The zero-order valence-electron chi connectivity index (χ0n) is 13.8. The molecule has 1 amide bonds. The summed E-state index contributed by atoms with van der Waals surface area (Å²) >= 11 is 1.56. The van der Waals surface area contributed by atoms with Crippen LogP contribution in [0, 0.1) is 19.8 Å². The lowest BCUT2D eigenvalue weighted by atomic mass is 9.90. The molecule has 2 aromatic rings. The number of aliphatic hydroxyl groups excluding tert-OH is 1. The predicted octanol–water partition coefficient (Wildman–Crippen LogP) is 2.78. The van der Waals surface area contributed by atoms with Gasteiger partial charge in [-0.1, -0.05) is 6.92 Å². The Morgan fingerprint density at radius 3 is 2.91 bits per heavy atom. The van der Waals surface area contributed by atoms with Crippen LogP contribution in [0.2, 0.25) is 0 Å². The number of aromatic nitrogens is 2. The monoisotopic (exact) mass is 333 g/mol. The van der Waals surface area contributed by atoms with Crippen LogP contribution in [0.4, 0.5) is 0 Å². The van der Waals surface area contributed by atoms with Crippen LogP contribution < -0.4 is 0 Å². The van der Waals surface area contributed by atoms with E-state index >= 15 is 0 Å². The minimum atomic E-state index is -0.0841. The van der Waals surface area contributed by atoms with Crippen LogP contribution in [0.5, 0.6) is 0 Å².